The minimum absolute atomic E-state index is 0.322. The van der Waals surface area contributed by atoms with E-state index in [2.05, 4.69) is 6.58 Å². The Hall–Kier alpha value is -1.32. The van der Waals surface area contributed by atoms with E-state index in [1.165, 1.54) is 0 Å². The highest BCUT2D eigenvalue weighted by Crippen LogP contribution is 2.34. The first-order valence-corrected chi connectivity index (χ1v) is 6.88. The predicted octanol–water partition coefficient (Wildman–Crippen LogP) is 3.01. The van der Waals surface area contributed by atoms with Gasteiger partial charge in [-0.3, -0.25) is 4.79 Å². The number of rotatable bonds is 6. The van der Waals surface area contributed by atoms with Gasteiger partial charge in [-0.25, -0.2) is 4.79 Å². The first kappa shape index (κ1) is 15.7. The van der Waals surface area contributed by atoms with Gasteiger partial charge in [-0.1, -0.05) is 13.5 Å². The molecule has 0 N–H and O–H groups in total. The van der Waals surface area contributed by atoms with Gasteiger partial charge in [-0.15, -0.1) is 0 Å². The Bertz CT molecular complexity index is 351. The maximum Gasteiger partial charge on any atom is 0.345 e. The van der Waals surface area contributed by atoms with Crippen LogP contribution in [0, 0.1) is 5.41 Å². The van der Waals surface area contributed by atoms with Crippen LogP contribution < -0.4 is 0 Å². The molecule has 1 saturated carbocycles. The molecule has 1 aliphatic carbocycles. The van der Waals surface area contributed by atoms with Crippen molar-refractivity contribution in [2.45, 2.75) is 58.5 Å². The molecule has 0 unspecified atom stereocenters. The van der Waals surface area contributed by atoms with Crippen molar-refractivity contribution in [3.05, 3.63) is 12.7 Å². The molecule has 0 aromatic carbocycles. The van der Waals surface area contributed by atoms with Crippen molar-refractivity contribution in [3.8, 4) is 0 Å². The molecule has 0 aromatic heterocycles. The van der Waals surface area contributed by atoms with Gasteiger partial charge >= 0.3 is 11.9 Å². The molecule has 0 atom stereocenters. The SMILES string of the molecule is C=CC1(OC(=O)COC(=O)C(C)(C)CC)CCCC1. The third kappa shape index (κ3) is 4.08. The van der Waals surface area contributed by atoms with Gasteiger partial charge in [0.1, 0.15) is 5.60 Å². The monoisotopic (exact) mass is 268 g/mol. The van der Waals surface area contributed by atoms with Crippen LogP contribution >= 0.6 is 0 Å². The van der Waals surface area contributed by atoms with E-state index in [0.717, 1.165) is 25.7 Å². The van der Waals surface area contributed by atoms with Gasteiger partial charge < -0.3 is 9.47 Å². The highest BCUT2D eigenvalue weighted by Gasteiger charge is 2.35. The molecular formula is C15H24O4. The molecule has 0 heterocycles. The highest BCUT2D eigenvalue weighted by molar-refractivity contribution is 5.80. The van der Waals surface area contributed by atoms with Gasteiger partial charge in [0, 0.05) is 0 Å². The summed E-state index contributed by atoms with van der Waals surface area (Å²) in [5, 5.41) is 0. The van der Waals surface area contributed by atoms with Crippen LogP contribution in [0.3, 0.4) is 0 Å². The fourth-order valence-electron chi connectivity index (χ4n) is 2.04. The smallest absolute Gasteiger partial charge is 0.345 e. The lowest BCUT2D eigenvalue weighted by Crippen LogP contribution is -2.33. The van der Waals surface area contributed by atoms with Crippen molar-refractivity contribution in [2.24, 2.45) is 5.41 Å². The minimum atomic E-state index is -0.566. The quantitative estimate of drug-likeness (QED) is 0.549. The summed E-state index contributed by atoms with van der Waals surface area (Å²) in [7, 11) is 0. The number of carbonyl (C=O) groups excluding carboxylic acids is 2. The van der Waals surface area contributed by atoms with Crippen LogP contribution in [0.15, 0.2) is 12.7 Å². The van der Waals surface area contributed by atoms with E-state index in [0.29, 0.717) is 6.42 Å². The Morgan fingerprint density at radius 3 is 2.37 bits per heavy atom. The Morgan fingerprint density at radius 1 is 1.32 bits per heavy atom. The Balaban J connectivity index is 2.44. The molecule has 4 heteroatoms. The van der Waals surface area contributed by atoms with Crippen LogP contribution in [0.25, 0.3) is 0 Å². The van der Waals surface area contributed by atoms with Crippen molar-refractivity contribution in [1.29, 1.82) is 0 Å². The normalized spacial score (nSPS) is 17.8. The molecule has 1 fully saturated rings. The first-order valence-electron chi connectivity index (χ1n) is 6.88. The van der Waals surface area contributed by atoms with E-state index in [1.54, 1.807) is 19.9 Å². The summed E-state index contributed by atoms with van der Waals surface area (Å²) >= 11 is 0. The molecule has 4 nitrogen and oxygen atoms in total. The van der Waals surface area contributed by atoms with Gasteiger partial charge in [0.25, 0.3) is 0 Å². The summed E-state index contributed by atoms with van der Waals surface area (Å²) in [6, 6.07) is 0. The van der Waals surface area contributed by atoms with E-state index in [9.17, 15) is 9.59 Å². The first-order chi connectivity index (χ1) is 8.85. The fourth-order valence-corrected chi connectivity index (χ4v) is 2.04. The number of ether oxygens (including phenoxy) is 2. The average molecular weight is 268 g/mol. The Kier molecular flexibility index (Phi) is 5.15. The second kappa shape index (κ2) is 6.22. The largest absolute Gasteiger partial charge is 0.453 e. The van der Waals surface area contributed by atoms with Crippen molar-refractivity contribution in [3.63, 3.8) is 0 Å². The van der Waals surface area contributed by atoms with Gasteiger partial charge in [-0.05, 0) is 52.0 Å². The summed E-state index contributed by atoms with van der Waals surface area (Å²) in [5.41, 5.74) is -1.12. The molecule has 0 bridgehead atoms. The van der Waals surface area contributed by atoms with E-state index in [1.807, 2.05) is 6.92 Å². The van der Waals surface area contributed by atoms with E-state index in [-0.39, 0.29) is 12.6 Å². The highest BCUT2D eigenvalue weighted by atomic mass is 16.6. The second-order valence-corrected chi connectivity index (χ2v) is 5.76. The molecule has 19 heavy (non-hydrogen) atoms. The van der Waals surface area contributed by atoms with Crippen molar-refractivity contribution in [2.75, 3.05) is 6.61 Å². The van der Waals surface area contributed by atoms with Gasteiger partial charge in [0.15, 0.2) is 6.61 Å². The number of hydrogen-bond acceptors (Lipinski definition) is 4. The molecule has 0 saturated heterocycles. The zero-order valence-corrected chi connectivity index (χ0v) is 12.2. The summed E-state index contributed by atoms with van der Waals surface area (Å²) in [5.74, 6) is -0.868. The number of esters is 2. The van der Waals surface area contributed by atoms with Crippen LogP contribution in [-0.2, 0) is 19.1 Å². The minimum Gasteiger partial charge on any atom is -0.453 e. The van der Waals surface area contributed by atoms with Gasteiger partial charge in [0.2, 0.25) is 0 Å². The third-order valence-electron chi connectivity index (χ3n) is 3.90. The molecule has 0 radical (unpaired) electrons. The summed E-state index contributed by atoms with van der Waals surface area (Å²) in [4.78, 5) is 23.5. The van der Waals surface area contributed by atoms with Crippen LogP contribution in [0.5, 0.6) is 0 Å². The van der Waals surface area contributed by atoms with Gasteiger partial charge in [-0.2, -0.15) is 0 Å². The van der Waals surface area contributed by atoms with Crippen LogP contribution in [0.2, 0.25) is 0 Å². The van der Waals surface area contributed by atoms with E-state index < -0.39 is 17.0 Å². The molecule has 1 aliphatic rings. The van der Waals surface area contributed by atoms with Crippen LogP contribution in [0.1, 0.15) is 52.9 Å². The average Bonchev–Trinajstić information content (AvgIpc) is 2.84. The zero-order chi connectivity index (χ0) is 14.5. The van der Waals surface area contributed by atoms with Crippen LogP contribution in [-0.4, -0.2) is 24.1 Å². The maximum atomic E-state index is 11.7. The van der Waals surface area contributed by atoms with E-state index in [4.69, 9.17) is 9.47 Å². The van der Waals surface area contributed by atoms with E-state index >= 15 is 0 Å². The predicted molar refractivity (Wildman–Crippen MR) is 72.5 cm³/mol. The summed E-state index contributed by atoms with van der Waals surface area (Å²) in [6.07, 6.45) is 6.02. The van der Waals surface area contributed by atoms with Crippen LogP contribution in [0.4, 0.5) is 0 Å². The third-order valence-corrected chi connectivity index (χ3v) is 3.90. The molecule has 0 amide bonds. The van der Waals surface area contributed by atoms with Gasteiger partial charge in [0.05, 0.1) is 5.41 Å². The zero-order valence-electron chi connectivity index (χ0n) is 12.2. The lowest BCUT2D eigenvalue weighted by atomic mass is 9.91. The molecular weight excluding hydrogens is 244 g/mol. The standard InChI is InChI=1S/C15H24O4/c1-5-14(3,4)13(17)18-11-12(16)19-15(6-2)9-7-8-10-15/h6H,2,5,7-11H2,1,3-4H3. The maximum absolute atomic E-state index is 11.7. The molecule has 108 valence electrons. The van der Waals surface area contributed by atoms with Crippen molar-refractivity contribution >= 4 is 11.9 Å². The lowest BCUT2D eigenvalue weighted by molar-refractivity contribution is -0.170. The Labute approximate surface area is 115 Å². The number of carbonyl (C=O) groups is 2. The second-order valence-electron chi connectivity index (χ2n) is 5.76. The Morgan fingerprint density at radius 2 is 1.89 bits per heavy atom. The number of hydrogen-bond donors (Lipinski definition) is 0. The van der Waals surface area contributed by atoms with Crippen molar-refractivity contribution in [1.82, 2.24) is 0 Å². The summed E-state index contributed by atoms with van der Waals surface area (Å²) in [6.45, 7) is 8.91. The molecule has 0 aliphatic heterocycles. The van der Waals surface area contributed by atoms with Crippen molar-refractivity contribution < 1.29 is 19.1 Å². The summed E-state index contributed by atoms with van der Waals surface area (Å²) < 4.78 is 10.4. The fraction of sp³-hybridized carbons (Fsp3) is 0.733. The lowest BCUT2D eigenvalue weighted by Gasteiger charge is -2.25. The molecule has 1 rings (SSSR count). The molecule has 0 spiro atoms. The topological polar surface area (TPSA) is 52.6 Å². The molecule has 0 aromatic rings.